The van der Waals surface area contributed by atoms with Crippen molar-refractivity contribution in [3.63, 3.8) is 0 Å². The highest BCUT2D eigenvalue weighted by Crippen LogP contribution is 2.45. The van der Waals surface area contributed by atoms with Gasteiger partial charge in [-0.25, -0.2) is 4.79 Å². The van der Waals surface area contributed by atoms with Crippen LogP contribution in [-0.4, -0.2) is 70.6 Å². The van der Waals surface area contributed by atoms with E-state index in [1.54, 1.807) is 0 Å². The van der Waals surface area contributed by atoms with Gasteiger partial charge in [0.25, 0.3) is 0 Å². The number of amides is 2. The number of hydrogen-bond acceptors (Lipinski definition) is 4. The van der Waals surface area contributed by atoms with Crippen LogP contribution in [0.3, 0.4) is 0 Å². The van der Waals surface area contributed by atoms with Gasteiger partial charge in [0.05, 0.1) is 6.10 Å². The third-order valence-corrected chi connectivity index (χ3v) is 9.99. The molecule has 0 N–H and O–H groups in total. The van der Waals surface area contributed by atoms with Crippen molar-refractivity contribution in [1.29, 1.82) is 0 Å². The number of nitrogens with zero attached hydrogens (tertiary/aromatic N) is 3. The summed E-state index contributed by atoms with van der Waals surface area (Å²) in [7, 11) is 0. The van der Waals surface area contributed by atoms with E-state index in [9.17, 15) is 9.59 Å². The normalized spacial score (nSPS) is 30.0. The summed E-state index contributed by atoms with van der Waals surface area (Å²) in [6, 6.07) is 10.0. The molecule has 0 aromatic heterocycles. The Labute approximate surface area is 222 Å². The van der Waals surface area contributed by atoms with Gasteiger partial charge in [0.1, 0.15) is 0 Å². The van der Waals surface area contributed by atoms with E-state index in [1.807, 2.05) is 13.8 Å². The van der Waals surface area contributed by atoms with Crippen LogP contribution in [0.15, 0.2) is 24.3 Å². The summed E-state index contributed by atoms with van der Waals surface area (Å²) in [5.41, 5.74) is 2.93. The molecule has 1 spiro atoms. The predicted molar refractivity (Wildman–Crippen MR) is 144 cm³/mol. The molecular weight excluding hydrogens is 462 g/mol. The van der Waals surface area contributed by atoms with Crippen LogP contribution in [0.1, 0.15) is 95.6 Å². The van der Waals surface area contributed by atoms with Crippen molar-refractivity contribution in [2.24, 2.45) is 5.92 Å². The van der Waals surface area contributed by atoms with E-state index in [4.69, 9.17) is 4.74 Å². The minimum atomic E-state index is -0.0932. The number of ether oxygens (including phenoxy) is 1. The smallest absolute Gasteiger partial charge is 0.410 e. The lowest BCUT2D eigenvalue weighted by atomic mass is 9.68. The first-order valence-electron chi connectivity index (χ1n) is 15.0. The lowest BCUT2D eigenvalue weighted by molar-refractivity contribution is -0.135. The second-order valence-electron chi connectivity index (χ2n) is 12.8. The van der Waals surface area contributed by atoms with Crippen molar-refractivity contribution in [3.05, 3.63) is 35.4 Å². The molecule has 0 radical (unpaired) electrons. The van der Waals surface area contributed by atoms with Gasteiger partial charge in [-0.3, -0.25) is 4.79 Å². The van der Waals surface area contributed by atoms with Gasteiger partial charge in [-0.1, -0.05) is 37.1 Å². The Hall–Kier alpha value is -2.08. The fraction of sp³-hybridized carbons (Fsp3) is 0.742. The van der Waals surface area contributed by atoms with E-state index in [1.165, 1.54) is 30.4 Å². The molecule has 202 valence electrons. The minimum Gasteiger partial charge on any atom is -0.447 e. The van der Waals surface area contributed by atoms with Crippen LogP contribution in [0.2, 0.25) is 0 Å². The number of benzene rings is 1. The van der Waals surface area contributed by atoms with Crippen LogP contribution in [0, 0.1) is 5.92 Å². The zero-order valence-electron chi connectivity index (χ0n) is 22.9. The van der Waals surface area contributed by atoms with Crippen LogP contribution < -0.4 is 0 Å². The quantitative estimate of drug-likeness (QED) is 0.543. The Morgan fingerprint density at radius 3 is 2.35 bits per heavy atom. The van der Waals surface area contributed by atoms with E-state index in [0.29, 0.717) is 24.0 Å². The Kier molecular flexibility index (Phi) is 6.98. The summed E-state index contributed by atoms with van der Waals surface area (Å²) in [4.78, 5) is 33.3. The van der Waals surface area contributed by atoms with E-state index >= 15 is 0 Å². The molecule has 3 unspecified atom stereocenters. The summed E-state index contributed by atoms with van der Waals surface area (Å²) >= 11 is 0. The van der Waals surface area contributed by atoms with Crippen LogP contribution in [0.5, 0.6) is 0 Å². The molecule has 5 aliphatic rings. The molecule has 4 fully saturated rings. The molecule has 6 rings (SSSR count). The molecule has 1 aromatic rings. The molecule has 6 heteroatoms. The molecule has 4 aliphatic heterocycles. The monoisotopic (exact) mass is 507 g/mol. The van der Waals surface area contributed by atoms with Gasteiger partial charge >= 0.3 is 6.09 Å². The van der Waals surface area contributed by atoms with Crippen molar-refractivity contribution in [1.82, 2.24) is 14.7 Å². The van der Waals surface area contributed by atoms with Crippen LogP contribution in [0.4, 0.5) is 4.79 Å². The third kappa shape index (κ3) is 5.03. The first-order chi connectivity index (χ1) is 17.9. The highest BCUT2D eigenvalue weighted by Gasteiger charge is 2.47. The maximum Gasteiger partial charge on any atom is 0.410 e. The highest BCUT2D eigenvalue weighted by molar-refractivity contribution is 5.81. The lowest BCUT2D eigenvalue weighted by Gasteiger charge is -2.50. The molecular formula is C31H45N3O3. The Morgan fingerprint density at radius 1 is 0.919 bits per heavy atom. The van der Waals surface area contributed by atoms with Gasteiger partial charge in [0.15, 0.2) is 0 Å². The number of hydrogen-bond donors (Lipinski definition) is 0. The van der Waals surface area contributed by atoms with E-state index in [-0.39, 0.29) is 23.5 Å². The zero-order valence-corrected chi connectivity index (χ0v) is 22.9. The summed E-state index contributed by atoms with van der Waals surface area (Å²) in [5, 5.41) is 0. The zero-order chi connectivity index (χ0) is 25.6. The first-order valence-corrected chi connectivity index (χ1v) is 15.0. The summed E-state index contributed by atoms with van der Waals surface area (Å²) < 4.78 is 5.72. The van der Waals surface area contributed by atoms with Crippen molar-refractivity contribution in [2.75, 3.05) is 19.6 Å². The van der Waals surface area contributed by atoms with Gasteiger partial charge in [-0.15, -0.1) is 0 Å². The van der Waals surface area contributed by atoms with Crippen molar-refractivity contribution < 1.29 is 14.3 Å². The minimum absolute atomic E-state index is 0.0726. The number of carbonyl (C=O) groups excluding carboxylic acids is 2. The number of rotatable bonds is 3. The first kappa shape index (κ1) is 25.2. The van der Waals surface area contributed by atoms with Gasteiger partial charge in [-0.05, 0) is 95.9 Å². The molecule has 3 saturated heterocycles. The average Bonchev–Trinajstić information content (AvgIpc) is 3.75. The second-order valence-corrected chi connectivity index (χ2v) is 12.8. The SMILES string of the molecule is CC(C)OC(=O)N1C2CCCCC1CC(N1CCC3(CC1)CN(C(=O)C1CC1)Cc1ccccc13)CC2. The van der Waals surface area contributed by atoms with E-state index in [0.717, 1.165) is 77.5 Å². The maximum absolute atomic E-state index is 13.1. The van der Waals surface area contributed by atoms with Crippen molar-refractivity contribution in [3.8, 4) is 0 Å². The molecule has 6 nitrogen and oxygen atoms in total. The van der Waals surface area contributed by atoms with Crippen molar-refractivity contribution in [2.45, 2.75) is 121 Å². The predicted octanol–water partition coefficient (Wildman–Crippen LogP) is 5.48. The topological polar surface area (TPSA) is 53.1 Å². The number of carbonyl (C=O) groups is 2. The van der Waals surface area contributed by atoms with E-state index in [2.05, 4.69) is 39.0 Å². The molecule has 3 atom stereocenters. The second kappa shape index (κ2) is 10.2. The Morgan fingerprint density at radius 2 is 1.62 bits per heavy atom. The summed E-state index contributed by atoms with van der Waals surface area (Å²) in [6.07, 6.45) is 12.2. The summed E-state index contributed by atoms with van der Waals surface area (Å²) in [5.74, 6) is 0.666. The van der Waals surface area contributed by atoms with Gasteiger partial charge in [0.2, 0.25) is 5.91 Å². The highest BCUT2D eigenvalue weighted by atomic mass is 16.6. The number of fused-ring (bicyclic) bond motifs is 4. The molecule has 37 heavy (non-hydrogen) atoms. The fourth-order valence-electron chi connectivity index (χ4n) is 7.94. The maximum atomic E-state index is 13.1. The van der Waals surface area contributed by atoms with Crippen molar-refractivity contribution >= 4 is 12.0 Å². The Bertz CT molecular complexity index is 997. The molecule has 1 saturated carbocycles. The largest absolute Gasteiger partial charge is 0.447 e. The molecule has 4 heterocycles. The van der Waals surface area contributed by atoms with Crippen LogP contribution >= 0.6 is 0 Å². The summed E-state index contributed by atoms with van der Waals surface area (Å²) in [6.45, 7) is 7.74. The van der Waals surface area contributed by atoms with E-state index < -0.39 is 0 Å². The van der Waals surface area contributed by atoms with Gasteiger partial charge in [0, 0.05) is 42.5 Å². The number of piperidine rings is 1. The van der Waals surface area contributed by atoms with Gasteiger partial charge < -0.3 is 19.4 Å². The molecule has 2 amide bonds. The standard InChI is InChI=1S/C31H45N3O3/c1-22(2)37-30(36)34-25-8-4-5-9-27(34)19-26(14-13-25)32-17-15-31(16-18-32)21-33(29(35)23-11-12-23)20-24-7-3-6-10-28(24)31/h3,6-7,10,22-23,25-27H,4-5,8-9,11-21H2,1-2H3. The molecule has 1 aromatic carbocycles. The number of likely N-dealkylation sites (tertiary alicyclic amines) is 1. The van der Waals surface area contributed by atoms with Crippen LogP contribution in [-0.2, 0) is 21.5 Å². The molecule has 1 aliphatic carbocycles. The molecule has 2 bridgehead atoms. The average molecular weight is 508 g/mol. The third-order valence-electron chi connectivity index (χ3n) is 9.99. The fourth-order valence-corrected chi connectivity index (χ4v) is 7.94. The van der Waals surface area contributed by atoms with Crippen LogP contribution in [0.25, 0.3) is 0 Å². The lowest BCUT2D eigenvalue weighted by Crippen LogP contribution is -2.55. The Balaban J connectivity index is 1.17. The van der Waals surface area contributed by atoms with Gasteiger partial charge in [-0.2, -0.15) is 0 Å².